The lowest BCUT2D eigenvalue weighted by Crippen LogP contribution is -1.80. The number of halogens is 1. The van der Waals surface area contributed by atoms with Crippen LogP contribution in [0.4, 0.5) is 0 Å². The van der Waals surface area contributed by atoms with Gasteiger partial charge in [0, 0.05) is 11.1 Å². The third-order valence-corrected chi connectivity index (χ3v) is 1.11. The van der Waals surface area contributed by atoms with Crippen molar-refractivity contribution in [2.45, 2.75) is 0 Å². The first-order chi connectivity index (χ1) is 4.72. The van der Waals surface area contributed by atoms with Crippen molar-refractivity contribution in [3.05, 3.63) is 22.8 Å². The van der Waals surface area contributed by atoms with Crippen LogP contribution >= 0.6 is 11.6 Å². The topological polar surface area (TPSA) is 56.9 Å². The van der Waals surface area contributed by atoms with E-state index in [2.05, 4.69) is 4.98 Å². The van der Waals surface area contributed by atoms with Gasteiger partial charge in [-0.05, 0) is 6.07 Å². The molecule has 1 N–H and O–H groups in total. The Morgan fingerprint density at radius 1 is 1.60 bits per heavy atom. The molecule has 3 nitrogen and oxygen atoms in total. The van der Waals surface area contributed by atoms with Crippen molar-refractivity contribution >= 4 is 11.6 Å². The lowest BCUT2D eigenvalue weighted by molar-refractivity contribution is 0.453. The maximum atomic E-state index is 8.78. The standard InChI is InChI=1S/C6H3ClN2O/c7-4-1-5(3-8)9-6(10)2-4/h1-2H,(H,9,10). The Hall–Kier alpha value is -1.27. The molecule has 0 aromatic carbocycles. The first-order valence-electron chi connectivity index (χ1n) is 2.49. The molecule has 0 radical (unpaired) electrons. The molecule has 0 saturated heterocycles. The average Bonchev–Trinajstić information content (AvgIpc) is 1.85. The van der Waals surface area contributed by atoms with E-state index < -0.39 is 0 Å². The molecule has 1 rings (SSSR count). The van der Waals surface area contributed by atoms with Crippen LogP contribution in [0.5, 0.6) is 5.88 Å². The number of nitriles is 1. The second-order valence-electron chi connectivity index (χ2n) is 1.64. The summed E-state index contributed by atoms with van der Waals surface area (Å²) in [6, 6.07) is 4.40. The summed E-state index contributed by atoms with van der Waals surface area (Å²) in [4.78, 5) is 3.46. The lowest BCUT2D eigenvalue weighted by Gasteiger charge is -1.91. The number of hydrogen-bond donors (Lipinski definition) is 1. The predicted octanol–water partition coefficient (Wildman–Crippen LogP) is 1.31. The van der Waals surface area contributed by atoms with Crippen molar-refractivity contribution in [1.29, 1.82) is 5.26 Å². The van der Waals surface area contributed by atoms with Gasteiger partial charge >= 0.3 is 0 Å². The van der Waals surface area contributed by atoms with Gasteiger partial charge in [0.05, 0.1) is 0 Å². The van der Waals surface area contributed by atoms with E-state index in [9.17, 15) is 0 Å². The van der Waals surface area contributed by atoms with Crippen LogP contribution in [-0.2, 0) is 0 Å². The molecule has 0 spiro atoms. The van der Waals surface area contributed by atoms with Crippen molar-refractivity contribution in [2.75, 3.05) is 0 Å². The molecule has 0 fully saturated rings. The van der Waals surface area contributed by atoms with Gasteiger partial charge in [0.15, 0.2) is 0 Å². The Balaban J connectivity index is 3.22. The highest BCUT2D eigenvalue weighted by molar-refractivity contribution is 6.30. The Labute approximate surface area is 62.5 Å². The van der Waals surface area contributed by atoms with Crippen molar-refractivity contribution in [3.63, 3.8) is 0 Å². The van der Waals surface area contributed by atoms with Gasteiger partial charge in [0.2, 0.25) is 5.88 Å². The Kier molecular flexibility index (Phi) is 1.74. The largest absolute Gasteiger partial charge is 0.493 e. The van der Waals surface area contributed by atoms with E-state index in [1.165, 1.54) is 12.1 Å². The van der Waals surface area contributed by atoms with E-state index in [1.807, 2.05) is 0 Å². The highest BCUT2D eigenvalue weighted by Gasteiger charge is 1.96. The van der Waals surface area contributed by atoms with Crippen LogP contribution in [0.15, 0.2) is 12.1 Å². The van der Waals surface area contributed by atoms with Gasteiger partial charge < -0.3 is 5.11 Å². The third-order valence-electron chi connectivity index (χ3n) is 0.891. The molecule has 0 saturated carbocycles. The fourth-order valence-electron chi connectivity index (χ4n) is 0.541. The number of aromatic nitrogens is 1. The zero-order valence-corrected chi connectivity index (χ0v) is 5.63. The molecule has 0 aliphatic rings. The fourth-order valence-corrected chi connectivity index (χ4v) is 0.742. The van der Waals surface area contributed by atoms with E-state index in [1.54, 1.807) is 6.07 Å². The van der Waals surface area contributed by atoms with Gasteiger partial charge in [-0.3, -0.25) is 0 Å². The minimum Gasteiger partial charge on any atom is -0.493 e. The first kappa shape index (κ1) is 6.84. The molecular weight excluding hydrogens is 152 g/mol. The molecule has 10 heavy (non-hydrogen) atoms. The minimum atomic E-state index is -0.232. The van der Waals surface area contributed by atoms with Crippen LogP contribution in [0.25, 0.3) is 0 Å². The predicted molar refractivity (Wildman–Crippen MR) is 35.6 cm³/mol. The number of pyridine rings is 1. The smallest absolute Gasteiger partial charge is 0.213 e. The second kappa shape index (κ2) is 2.54. The SMILES string of the molecule is N#Cc1cc(Cl)cc(O)n1. The van der Waals surface area contributed by atoms with Crippen LogP contribution < -0.4 is 0 Å². The van der Waals surface area contributed by atoms with E-state index >= 15 is 0 Å². The molecular formula is C6H3ClN2O. The van der Waals surface area contributed by atoms with E-state index in [0.29, 0.717) is 5.02 Å². The summed E-state index contributed by atoms with van der Waals surface area (Å²) >= 11 is 5.48. The van der Waals surface area contributed by atoms with Crippen LogP contribution in [0.2, 0.25) is 5.02 Å². The summed E-state index contributed by atoms with van der Waals surface area (Å²) in [7, 11) is 0. The summed E-state index contributed by atoms with van der Waals surface area (Å²) in [6.07, 6.45) is 0. The van der Waals surface area contributed by atoms with E-state index in [0.717, 1.165) is 0 Å². The molecule has 1 heterocycles. The van der Waals surface area contributed by atoms with Gasteiger partial charge in [-0.25, -0.2) is 4.98 Å². The molecule has 1 aromatic rings. The number of nitrogens with zero attached hydrogens (tertiary/aromatic N) is 2. The number of hydrogen-bond acceptors (Lipinski definition) is 3. The summed E-state index contributed by atoms with van der Waals surface area (Å²) in [5, 5.41) is 17.4. The molecule has 1 aromatic heterocycles. The molecule has 0 amide bonds. The second-order valence-corrected chi connectivity index (χ2v) is 2.08. The van der Waals surface area contributed by atoms with Gasteiger partial charge in [-0.2, -0.15) is 5.26 Å². The van der Waals surface area contributed by atoms with Gasteiger partial charge in [0.1, 0.15) is 11.8 Å². The van der Waals surface area contributed by atoms with Crippen LogP contribution in [0, 0.1) is 11.3 Å². The first-order valence-corrected chi connectivity index (χ1v) is 2.87. The van der Waals surface area contributed by atoms with Gasteiger partial charge in [-0.15, -0.1) is 0 Å². The van der Waals surface area contributed by atoms with Gasteiger partial charge in [0.25, 0.3) is 0 Å². The van der Waals surface area contributed by atoms with Crippen molar-refractivity contribution in [3.8, 4) is 11.9 Å². The maximum absolute atomic E-state index is 8.78. The summed E-state index contributed by atoms with van der Waals surface area (Å²) in [5.41, 5.74) is 0.116. The Bertz CT molecular complexity index is 272. The zero-order chi connectivity index (χ0) is 7.56. The average molecular weight is 155 g/mol. The third kappa shape index (κ3) is 1.36. The molecule has 0 aliphatic heterocycles. The molecule has 0 atom stereocenters. The van der Waals surface area contributed by atoms with Crippen LogP contribution in [0.1, 0.15) is 5.69 Å². The molecule has 0 aliphatic carbocycles. The molecule has 0 bridgehead atoms. The molecule has 0 unspecified atom stereocenters. The Morgan fingerprint density at radius 3 is 2.80 bits per heavy atom. The van der Waals surface area contributed by atoms with Crippen molar-refractivity contribution in [2.24, 2.45) is 0 Å². The lowest BCUT2D eigenvalue weighted by atomic mass is 10.4. The van der Waals surface area contributed by atoms with E-state index in [4.69, 9.17) is 22.0 Å². The number of aromatic hydroxyl groups is 1. The van der Waals surface area contributed by atoms with Crippen LogP contribution in [0.3, 0.4) is 0 Å². The Morgan fingerprint density at radius 2 is 2.30 bits per heavy atom. The summed E-state index contributed by atoms with van der Waals surface area (Å²) < 4.78 is 0. The van der Waals surface area contributed by atoms with Gasteiger partial charge in [-0.1, -0.05) is 11.6 Å². The molecule has 4 heteroatoms. The number of rotatable bonds is 0. The highest BCUT2D eigenvalue weighted by atomic mass is 35.5. The monoisotopic (exact) mass is 154 g/mol. The normalized spacial score (nSPS) is 8.80. The van der Waals surface area contributed by atoms with Crippen LogP contribution in [-0.4, -0.2) is 10.1 Å². The quantitative estimate of drug-likeness (QED) is 0.613. The highest BCUT2D eigenvalue weighted by Crippen LogP contribution is 2.14. The maximum Gasteiger partial charge on any atom is 0.213 e. The van der Waals surface area contributed by atoms with Crippen molar-refractivity contribution < 1.29 is 5.11 Å². The van der Waals surface area contributed by atoms with E-state index in [-0.39, 0.29) is 11.6 Å². The minimum absolute atomic E-state index is 0.116. The zero-order valence-electron chi connectivity index (χ0n) is 4.87. The fraction of sp³-hybridized carbons (Fsp3) is 0. The summed E-state index contributed by atoms with van der Waals surface area (Å²) in [6.45, 7) is 0. The van der Waals surface area contributed by atoms with Crippen molar-refractivity contribution in [1.82, 2.24) is 4.98 Å². The molecule has 50 valence electrons. The summed E-state index contributed by atoms with van der Waals surface area (Å²) in [5.74, 6) is -0.232.